The van der Waals surface area contributed by atoms with Crippen molar-refractivity contribution in [2.75, 3.05) is 21.3 Å². The molecule has 0 unspecified atom stereocenters. The first-order valence-corrected chi connectivity index (χ1v) is 11.4. The van der Waals surface area contributed by atoms with Crippen LogP contribution in [0.4, 0.5) is 0 Å². The first-order chi connectivity index (χ1) is 12.9. The maximum Gasteiger partial charge on any atom is 0.375 e. The van der Waals surface area contributed by atoms with Crippen LogP contribution >= 0.6 is 0 Å². The number of rotatable bonds is 10. The molecule has 27 heavy (non-hydrogen) atoms. The number of hydrogen-bond acceptors (Lipinski definition) is 6. The van der Waals surface area contributed by atoms with Gasteiger partial charge in [-0.15, -0.1) is 0 Å². The van der Waals surface area contributed by atoms with Gasteiger partial charge in [-0.1, -0.05) is 26.0 Å². The van der Waals surface area contributed by atoms with Crippen LogP contribution in [-0.4, -0.2) is 63.4 Å². The highest BCUT2D eigenvalue weighted by Gasteiger charge is 2.22. The molecule has 0 aliphatic carbocycles. The van der Waals surface area contributed by atoms with Gasteiger partial charge in [0.15, 0.2) is 5.76 Å². The molecule has 0 fully saturated rings. The van der Waals surface area contributed by atoms with E-state index in [9.17, 15) is 9.90 Å². The molecule has 0 saturated carbocycles. The van der Waals surface area contributed by atoms with Gasteiger partial charge in [-0.2, -0.15) is 0 Å². The average molecular weight is 433 g/mol. The van der Waals surface area contributed by atoms with Crippen molar-refractivity contribution in [1.82, 2.24) is 0 Å². The Balaban J connectivity index is 0.00000119. The van der Waals surface area contributed by atoms with E-state index >= 15 is 0 Å². The van der Waals surface area contributed by atoms with E-state index in [1.807, 2.05) is 12.1 Å². The van der Waals surface area contributed by atoms with Gasteiger partial charge < -0.3 is 27.5 Å². The van der Waals surface area contributed by atoms with Gasteiger partial charge in [0, 0.05) is 0 Å². The molecule has 1 rings (SSSR count). The maximum atomic E-state index is 11.3. The third kappa shape index (κ3) is 8.75. The number of hydrogen-bond donors (Lipinski definition) is 1. The molecule has 0 radical (unpaired) electrons. The Morgan fingerprint density at radius 2 is 1.78 bits per heavy atom. The van der Waals surface area contributed by atoms with Crippen molar-refractivity contribution < 1.29 is 32.3 Å². The second-order valence-electron chi connectivity index (χ2n) is 6.00. The number of carboxylic acid groups (broad SMARTS) is 1. The van der Waals surface area contributed by atoms with E-state index in [2.05, 4.69) is 13.8 Å². The molecule has 0 atom stereocenters. The molecule has 1 N–H and O–H groups in total. The van der Waals surface area contributed by atoms with Crippen molar-refractivity contribution in [2.24, 2.45) is 5.92 Å². The lowest BCUT2D eigenvalue weighted by Crippen LogP contribution is -2.09. The second kappa shape index (κ2) is 14.5. The van der Waals surface area contributed by atoms with E-state index in [1.54, 1.807) is 13.2 Å². The van der Waals surface area contributed by atoms with Gasteiger partial charge in [0.25, 0.3) is 10.0 Å². The standard InChI is InChI=1S/C17H24O5.H8O2Si3/c1-11(2)9-10-12-7-6-8-13(14(12)20-3)15(21-4)16(22-5)17(18)19;3-1-5-2-4/h6-8,11H,9-10H2,1-5H3,(H,18,19);5H2,3-4H3. The van der Waals surface area contributed by atoms with E-state index in [0.29, 0.717) is 17.2 Å². The van der Waals surface area contributed by atoms with Crippen LogP contribution in [0.2, 0.25) is 0 Å². The molecule has 1 aromatic carbocycles. The smallest absolute Gasteiger partial charge is 0.375 e. The molecule has 1 aromatic rings. The van der Waals surface area contributed by atoms with Crippen LogP contribution in [0.3, 0.4) is 0 Å². The lowest BCUT2D eigenvalue weighted by molar-refractivity contribution is -0.136. The minimum absolute atomic E-state index is 0.151. The molecule has 7 nitrogen and oxygen atoms in total. The first kappa shape index (κ1) is 25.4. The summed E-state index contributed by atoms with van der Waals surface area (Å²) in [5.41, 5.74) is 1.59. The number of carbonyl (C=O) groups is 1. The summed E-state index contributed by atoms with van der Waals surface area (Å²) in [7, 11) is 5.56. The fourth-order valence-corrected chi connectivity index (χ4v) is 5.43. The van der Waals surface area contributed by atoms with Crippen LogP contribution in [0.5, 0.6) is 5.75 Å². The van der Waals surface area contributed by atoms with Crippen molar-refractivity contribution >= 4 is 42.7 Å². The molecule has 0 amide bonds. The third-order valence-electron chi connectivity index (χ3n) is 3.58. The van der Waals surface area contributed by atoms with Gasteiger partial charge >= 0.3 is 5.97 Å². The summed E-state index contributed by atoms with van der Waals surface area (Å²) in [5, 5.41) is 9.24. The van der Waals surface area contributed by atoms with Crippen molar-refractivity contribution in [1.29, 1.82) is 0 Å². The normalized spacial score (nSPS) is 11.9. The van der Waals surface area contributed by atoms with E-state index < -0.39 is 16.0 Å². The number of carboxylic acids is 1. The zero-order valence-electron chi connectivity index (χ0n) is 17.3. The molecule has 0 saturated heterocycles. The summed E-state index contributed by atoms with van der Waals surface area (Å²) in [6, 6.07) is 5.60. The Bertz CT molecular complexity index is 604. The molecule has 0 bridgehead atoms. The quantitative estimate of drug-likeness (QED) is 0.314. The number of ether oxygens (including phenoxy) is 3. The lowest BCUT2D eigenvalue weighted by atomic mass is 9.99. The molecule has 154 valence electrons. The van der Waals surface area contributed by atoms with Crippen molar-refractivity contribution in [2.45, 2.75) is 26.7 Å². The second-order valence-corrected chi connectivity index (χ2v) is 10.9. The van der Waals surface area contributed by atoms with Gasteiger partial charge in [0.2, 0.25) is 5.76 Å². The number of aliphatic carboxylic acids is 1. The molecular weight excluding hydrogens is 400 g/mol. The summed E-state index contributed by atoms with van der Waals surface area (Å²) in [6.07, 6.45) is 1.86. The average Bonchev–Trinajstić information content (AvgIpc) is 2.64. The predicted octanol–water partition coefficient (Wildman–Crippen LogP) is -0.0910. The molecule has 0 spiro atoms. The van der Waals surface area contributed by atoms with E-state index in [0.717, 1.165) is 39.4 Å². The third-order valence-corrected chi connectivity index (χ3v) is 5.47. The maximum absolute atomic E-state index is 11.3. The summed E-state index contributed by atoms with van der Waals surface area (Å²) >= 11 is 0. The van der Waals surface area contributed by atoms with Crippen LogP contribution in [0.25, 0.3) is 5.76 Å². The monoisotopic (exact) mass is 432 g/mol. The first-order valence-electron chi connectivity index (χ1n) is 8.57. The van der Waals surface area contributed by atoms with E-state index in [1.165, 1.54) is 14.2 Å². The summed E-state index contributed by atoms with van der Waals surface area (Å²) in [4.78, 5) is 11.3. The highest BCUT2D eigenvalue weighted by molar-refractivity contribution is 6.33. The molecule has 10 heteroatoms. The van der Waals surface area contributed by atoms with Crippen molar-refractivity contribution in [3.8, 4) is 5.75 Å². The van der Waals surface area contributed by atoms with Gasteiger partial charge in [-0.25, -0.2) is 4.79 Å². The van der Waals surface area contributed by atoms with Gasteiger partial charge in [-0.05, 0) is 30.4 Å². The van der Waals surface area contributed by atoms with E-state index in [4.69, 9.17) is 22.4 Å². The minimum atomic E-state index is -1.19. The van der Waals surface area contributed by atoms with E-state index in [-0.39, 0.29) is 11.5 Å². The zero-order chi connectivity index (χ0) is 20.8. The number of methoxy groups -OCH3 is 3. The van der Waals surface area contributed by atoms with Gasteiger partial charge in [0.1, 0.15) is 26.7 Å². The Morgan fingerprint density at radius 3 is 2.15 bits per heavy atom. The number of para-hydroxylation sites is 1. The fourth-order valence-electron chi connectivity index (χ4n) is 2.37. The van der Waals surface area contributed by atoms with Crippen molar-refractivity contribution in [3.05, 3.63) is 35.1 Å². The van der Waals surface area contributed by atoms with Crippen LogP contribution in [0.1, 0.15) is 31.4 Å². The summed E-state index contributed by atoms with van der Waals surface area (Å²) in [6.45, 7) is 4.31. The number of benzene rings is 1. The SMILES string of the molecule is COC(C(=O)O)=C(OC)c1cccc(CCC(C)C)c1OC.[SiH3]O[SiH2]O[SiH3]. The Labute approximate surface area is 170 Å². The molecule has 0 aliphatic heterocycles. The summed E-state index contributed by atoms with van der Waals surface area (Å²) in [5.74, 6) is -0.0933. The zero-order valence-corrected chi connectivity index (χ0v) is 22.7. The fraction of sp³-hybridized carbons (Fsp3) is 0.471. The highest BCUT2D eigenvalue weighted by atomic mass is 28.3. The minimum Gasteiger partial charge on any atom is -0.496 e. The Kier molecular flexibility index (Phi) is 13.6. The number of aryl methyl sites for hydroxylation is 1. The topological polar surface area (TPSA) is 83.5 Å². The molecule has 0 aromatic heterocycles. The predicted molar refractivity (Wildman–Crippen MR) is 115 cm³/mol. The lowest BCUT2D eigenvalue weighted by Gasteiger charge is -2.17. The van der Waals surface area contributed by atoms with Crippen molar-refractivity contribution in [3.63, 3.8) is 0 Å². The highest BCUT2D eigenvalue weighted by Crippen LogP contribution is 2.33. The van der Waals surface area contributed by atoms with Crippen LogP contribution in [0.15, 0.2) is 24.0 Å². The largest absolute Gasteiger partial charge is 0.496 e. The van der Waals surface area contributed by atoms with Crippen LogP contribution in [0, 0.1) is 5.92 Å². The van der Waals surface area contributed by atoms with Gasteiger partial charge in [-0.3, -0.25) is 0 Å². The van der Waals surface area contributed by atoms with Crippen LogP contribution < -0.4 is 4.74 Å². The molecular formula is C17H32O7Si3. The van der Waals surface area contributed by atoms with Crippen LogP contribution in [-0.2, 0) is 28.9 Å². The van der Waals surface area contributed by atoms with Gasteiger partial charge in [0.05, 0.1) is 26.9 Å². The Hall–Kier alpha value is -1.60. The molecule has 0 aliphatic rings. The Morgan fingerprint density at radius 1 is 1.15 bits per heavy atom. The summed E-state index contributed by atoms with van der Waals surface area (Å²) < 4.78 is 25.3. The molecule has 0 heterocycles.